The maximum absolute atomic E-state index is 11.6. The van der Waals surface area contributed by atoms with Crippen molar-refractivity contribution < 1.29 is 17.9 Å². The van der Waals surface area contributed by atoms with Gasteiger partial charge in [0.25, 0.3) is 0 Å². The third kappa shape index (κ3) is 3.62. The van der Waals surface area contributed by atoms with E-state index in [1.54, 1.807) is 0 Å². The Hall–Kier alpha value is -1.41. The summed E-state index contributed by atoms with van der Waals surface area (Å²) < 4.78 is 29.6. The van der Waals surface area contributed by atoms with Crippen LogP contribution in [0.5, 0.6) is 0 Å². The third-order valence-electron chi connectivity index (χ3n) is 3.83. The van der Waals surface area contributed by atoms with Crippen molar-refractivity contribution in [2.24, 2.45) is 0 Å². The van der Waals surface area contributed by atoms with E-state index in [1.165, 1.54) is 7.11 Å². The van der Waals surface area contributed by atoms with Crippen LogP contribution in [-0.2, 0) is 25.9 Å². The topological polar surface area (TPSA) is 90.3 Å². The Morgan fingerprint density at radius 3 is 2.76 bits per heavy atom. The lowest BCUT2D eigenvalue weighted by Crippen LogP contribution is -2.24. The molecule has 21 heavy (non-hydrogen) atoms. The number of sulfone groups is 1. The fourth-order valence-corrected chi connectivity index (χ4v) is 4.33. The maximum Gasteiger partial charge on any atom is 0.319 e. The molecule has 0 saturated carbocycles. The van der Waals surface area contributed by atoms with Crippen molar-refractivity contribution in [2.75, 3.05) is 25.2 Å². The smallest absolute Gasteiger partial charge is 0.319 e. The number of aromatic nitrogens is 2. The average molecular weight is 315 g/mol. The summed E-state index contributed by atoms with van der Waals surface area (Å²) in [6.45, 7) is 4.47. The number of rotatable bonds is 5. The fraction of sp³-hybridized carbons (Fsp3) is 0.692. The number of carbonyl (C=O) groups is 1. The van der Waals surface area contributed by atoms with Gasteiger partial charge in [-0.3, -0.25) is 9.48 Å². The molecule has 1 aromatic heterocycles. The molecule has 8 heteroatoms. The van der Waals surface area contributed by atoms with Gasteiger partial charge in [0.2, 0.25) is 0 Å². The Balaban J connectivity index is 2.09. The zero-order chi connectivity index (χ0) is 15.6. The molecule has 7 nitrogen and oxygen atoms in total. The lowest BCUT2D eigenvalue weighted by molar-refractivity contribution is -0.139. The van der Waals surface area contributed by atoms with E-state index in [9.17, 15) is 13.2 Å². The fourth-order valence-electron chi connectivity index (χ4n) is 2.64. The van der Waals surface area contributed by atoms with E-state index >= 15 is 0 Å². The van der Waals surface area contributed by atoms with Crippen LogP contribution in [-0.4, -0.2) is 49.3 Å². The molecule has 0 radical (unpaired) electrons. The Labute approximate surface area is 124 Å². The molecule has 0 aliphatic carbocycles. The molecule has 1 unspecified atom stereocenters. The second kappa shape index (κ2) is 6.15. The number of nitrogens with zero attached hydrogens (tertiary/aromatic N) is 2. The van der Waals surface area contributed by atoms with E-state index in [2.05, 4.69) is 15.2 Å². The molecule has 1 fully saturated rings. The molecule has 2 rings (SSSR count). The number of carbonyl (C=O) groups excluding carboxylic acids is 1. The first kappa shape index (κ1) is 16.0. The molecule has 0 amide bonds. The molecule has 1 saturated heterocycles. The molecule has 1 aliphatic heterocycles. The van der Waals surface area contributed by atoms with Crippen LogP contribution >= 0.6 is 0 Å². The van der Waals surface area contributed by atoms with Crippen LogP contribution in [0.25, 0.3) is 0 Å². The predicted octanol–water partition coefficient (Wildman–Crippen LogP) is 0.122. The van der Waals surface area contributed by atoms with Gasteiger partial charge < -0.3 is 10.1 Å². The van der Waals surface area contributed by atoms with Crippen molar-refractivity contribution >= 4 is 15.8 Å². The number of ether oxygens (including phenoxy) is 1. The molecule has 1 N–H and O–H groups in total. The van der Waals surface area contributed by atoms with Gasteiger partial charge in [-0.15, -0.1) is 0 Å². The molecular weight excluding hydrogens is 294 g/mol. The van der Waals surface area contributed by atoms with E-state index in [4.69, 9.17) is 0 Å². The summed E-state index contributed by atoms with van der Waals surface area (Å²) in [4.78, 5) is 11.1. The average Bonchev–Trinajstić information content (AvgIpc) is 2.91. The van der Waals surface area contributed by atoms with E-state index in [1.807, 2.05) is 18.5 Å². The monoisotopic (exact) mass is 315 g/mol. The van der Waals surface area contributed by atoms with Gasteiger partial charge >= 0.3 is 5.97 Å². The van der Waals surface area contributed by atoms with Gasteiger partial charge in [0, 0.05) is 17.8 Å². The van der Waals surface area contributed by atoms with Gasteiger partial charge in [-0.05, 0) is 20.3 Å². The molecule has 1 aromatic rings. The van der Waals surface area contributed by atoms with Crippen molar-refractivity contribution in [3.05, 3.63) is 17.0 Å². The second-order valence-corrected chi connectivity index (χ2v) is 7.56. The molecule has 0 bridgehead atoms. The summed E-state index contributed by atoms with van der Waals surface area (Å²) in [6.07, 6.45) is 0.610. The number of aryl methyl sites for hydroxylation is 1. The van der Waals surface area contributed by atoms with E-state index < -0.39 is 9.84 Å². The van der Waals surface area contributed by atoms with Crippen molar-refractivity contribution in [1.82, 2.24) is 15.1 Å². The Bertz CT molecular complexity index is 636. The van der Waals surface area contributed by atoms with E-state index in [-0.39, 0.29) is 30.1 Å². The van der Waals surface area contributed by atoms with E-state index in [0.717, 1.165) is 17.0 Å². The lowest BCUT2D eigenvalue weighted by atomic mass is 10.2. The van der Waals surface area contributed by atoms with Crippen LogP contribution in [0.2, 0.25) is 0 Å². The first-order chi connectivity index (χ1) is 9.84. The summed E-state index contributed by atoms with van der Waals surface area (Å²) in [5.74, 6) is 0.0650. The van der Waals surface area contributed by atoms with E-state index in [0.29, 0.717) is 13.0 Å². The highest BCUT2D eigenvalue weighted by molar-refractivity contribution is 7.91. The highest BCUT2D eigenvalue weighted by Gasteiger charge is 2.31. The molecule has 0 aromatic carbocycles. The van der Waals surface area contributed by atoms with Gasteiger partial charge in [0.1, 0.15) is 0 Å². The van der Waals surface area contributed by atoms with Gasteiger partial charge in [0.05, 0.1) is 36.9 Å². The first-order valence-electron chi connectivity index (χ1n) is 6.86. The van der Waals surface area contributed by atoms with Gasteiger partial charge in [-0.2, -0.15) is 5.10 Å². The van der Waals surface area contributed by atoms with Crippen LogP contribution in [0, 0.1) is 13.8 Å². The lowest BCUT2D eigenvalue weighted by Gasteiger charge is -2.11. The summed E-state index contributed by atoms with van der Waals surface area (Å²) in [6, 6.07) is -0.0805. The highest BCUT2D eigenvalue weighted by Crippen LogP contribution is 2.26. The van der Waals surface area contributed by atoms with Crippen molar-refractivity contribution in [1.29, 1.82) is 0 Å². The van der Waals surface area contributed by atoms with Crippen LogP contribution in [0.4, 0.5) is 0 Å². The highest BCUT2D eigenvalue weighted by atomic mass is 32.2. The Morgan fingerprint density at radius 1 is 1.48 bits per heavy atom. The summed E-state index contributed by atoms with van der Waals surface area (Å²) in [5, 5.41) is 7.48. The second-order valence-electron chi connectivity index (χ2n) is 5.33. The predicted molar refractivity (Wildman–Crippen MR) is 77.7 cm³/mol. The molecule has 2 heterocycles. The number of methoxy groups -OCH3 is 1. The molecule has 118 valence electrons. The molecule has 1 atom stereocenters. The number of nitrogens with one attached hydrogen (secondary N) is 1. The van der Waals surface area contributed by atoms with Crippen molar-refractivity contribution in [2.45, 2.75) is 32.9 Å². The van der Waals surface area contributed by atoms with Crippen LogP contribution in [0.3, 0.4) is 0 Å². The number of esters is 1. The van der Waals surface area contributed by atoms with Crippen LogP contribution < -0.4 is 5.32 Å². The minimum absolute atomic E-state index is 0.0805. The third-order valence-corrected chi connectivity index (χ3v) is 5.58. The quantitative estimate of drug-likeness (QED) is 0.776. The summed E-state index contributed by atoms with van der Waals surface area (Å²) >= 11 is 0. The zero-order valence-electron chi connectivity index (χ0n) is 12.5. The standard InChI is InChI=1S/C13H21N3O4S/c1-9-12(6-14-7-13(17)20-3)10(2)16(15-9)11-4-5-21(18,19)8-11/h11,14H,4-8H2,1-3H3. The number of hydrogen-bond acceptors (Lipinski definition) is 6. The van der Waals surface area contributed by atoms with Gasteiger partial charge in [-0.25, -0.2) is 8.42 Å². The van der Waals surface area contributed by atoms with Gasteiger partial charge in [0.15, 0.2) is 9.84 Å². The largest absolute Gasteiger partial charge is 0.468 e. The van der Waals surface area contributed by atoms with Crippen molar-refractivity contribution in [3.8, 4) is 0 Å². The molecule has 0 spiro atoms. The SMILES string of the molecule is COC(=O)CNCc1c(C)nn(C2CCS(=O)(=O)C2)c1C. The van der Waals surface area contributed by atoms with Crippen LogP contribution in [0.15, 0.2) is 0 Å². The maximum atomic E-state index is 11.6. The normalized spacial score (nSPS) is 20.6. The van der Waals surface area contributed by atoms with Crippen LogP contribution in [0.1, 0.15) is 29.4 Å². The number of hydrogen-bond donors (Lipinski definition) is 1. The Kier molecular flexibility index (Phi) is 4.67. The van der Waals surface area contributed by atoms with Crippen molar-refractivity contribution in [3.63, 3.8) is 0 Å². The minimum Gasteiger partial charge on any atom is -0.468 e. The molecule has 1 aliphatic rings. The van der Waals surface area contributed by atoms with Gasteiger partial charge in [-0.1, -0.05) is 0 Å². The summed E-state index contributed by atoms with van der Waals surface area (Å²) in [5.41, 5.74) is 2.81. The summed E-state index contributed by atoms with van der Waals surface area (Å²) in [7, 11) is -1.59. The molecular formula is C13H21N3O4S. The minimum atomic E-state index is -2.93. The first-order valence-corrected chi connectivity index (χ1v) is 8.68. The zero-order valence-corrected chi connectivity index (χ0v) is 13.4. The Morgan fingerprint density at radius 2 is 2.19 bits per heavy atom.